The third-order valence-electron chi connectivity index (χ3n) is 7.46. The molecule has 0 atom stereocenters. The van der Waals surface area contributed by atoms with Crippen molar-refractivity contribution in [3.63, 3.8) is 0 Å². The monoisotopic (exact) mass is 517 g/mol. The minimum Gasteiger partial charge on any atom is -0.367 e. The van der Waals surface area contributed by atoms with E-state index >= 15 is 0 Å². The summed E-state index contributed by atoms with van der Waals surface area (Å²) in [6, 6.07) is 26.3. The van der Waals surface area contributed by atoms with E-state index in [1.807, 2.05) is 79.1 Å². The van der Waals surface area contributed by atoms with E-state index in [1.54, 1.807) is 0 Å². The first-order valence-electron chi connectivity index (χ1n) is 13.0. The number of rotatable bonds is 0. The summed E-state index contributed by atoms with van der Waals surface area (Å²) >= 11 is 0. The van der Waals surface area contributed by atoms with Crippen molar-refractivity contribution in [3.05, 3.63) is 113 Å². The van der Waals surface area contributed by atoms with Crippen molar-refractivity contribution in [3.8, 4) is 11.1 Å². The van der Waals surface area contributed by atoms with Crippen LogP contribution in [0.3, 0.4) is 0 Å². The van der Waals surface area contributed by atoms with E-state index in [0.717, 1.165) is 55.1 Å². The molecule has 0 amide bonds. The van der Waals surface area contributed by atoms with E-state index in [-0.39, 0.29) is 0 Å². The Bertz CT molecular complexity index is 2330. The molecule has 9 heteroatoms. The lowest BCUT2D eigenvalue weighted by Crippen LogP contribution is -2.10. The molecule has 3 aliphatic rings. The fraction of sp³-hybridized carbons (Fsp3) is 0. The van der Waals surface area contributed by atoms with E-state index in [0.29, 0.717) is 33.6 Å². The van der Waals surface area contributed by atoms with Gasteiger partial charge in [0, 0.05) is 55.8 Å². The smallest absolute Gasteiger partial charge is 0.166 e. The molecule has 0 radical (unpaired) electrons. The Morgan fingerprint density at radius 3 is 1.40 bits per heavy atom. The predicted molar refractivity (Wildman–Crippen MR) is 153 cm³/mol. The molecule has 40 heavy (non-hydrogen) atoms. The zero-order chi connectivity index (χ0) is 26.2. The van der Waals surface area contributed by atoms with E-state index in [4.69, 9.17) is 25.0 Å². The highest BCUT2D eigenvalue weighted by molar-refractivity contribution is 5.99. The van der Waals surface area contributed by atoms with Gasteiger partial charge in [-0.15, -0.1) is 0 Å². The summed E-state index contributed by atoms with van der Waals surface area (Å²) in [6.45, 7) is 0. The highest BCUT2D eigenvalue weighted by atomic mass is 15.1. The highest BCUT2D eigenvalue weighted by Crippen LogP contribution is 2.39. The molecule has 0 aliphatic carbocycles. The Labute approximate surface area is 224 Å². The summed E-state index contributed by atoms with van der Waals surface area (Å²) in [6.07, 6.45) is 3.78. The molecular formula is C31H19N9. The standard InChI is InChI=1S/C31H19N9/c1-2-8-17-16(7-1)24-33-25(17)35-27-20-11-5-6-12-21(20)29(37-27)39-31-23-15-32-14-13-22(23)30(40-31)38-28-19-10-4-3-9-18(19)26(34-24)36-28/h1-15,32-33H,(H,34,36,38)(H,35,37,39,40). The SMILES string of the molecule is c1ccc2c3[nH]c(c2c1)N=c1[nH]c(c2ccccc12)=Nc1nc(c2c[nH]ccc1-2)N=c1[nH]c(c2ccccc12)=N3. The predicted octanol–water partition coefficient (Wildman–Crippen LogP) is 5.08. The molecule has 8 bridgehead atoms. The van der Waals surface area contributed by atoms with Crippen LogP contribution >= 0.6 is 0 Å². The van der Waals surface area contributed by atoms with Crippen LogP contribution in [0.25, 0.3) is 43.4 Å². The summed E-state index contributed by atoms with van der Waals surface area (Å²) in [5.41, 5.74) is 4.57. The molecule has 0 spiro atoms. The molecule has 9 nitrogen and oxygen atoms in total. The number of H-pyrrole nitrogens is 4. The van der Waals surface area contributed by atoms with Crippen LogP contribution in [0.2, 0.25) is 0 Å². The summed E-state index contributed by atoms with van der Waals surface area (Å²) in [5, 5.41) is 5.81. The Kier molecular flexibility index (Phi) is 4.14. The molecule has 188 valence electrons. The summed E-state index contributed by atoms with van der Waals surface area (Å²) in [4.78, 5) is 38.6. The van der Waals surface area contributed by atoms with Gasteiger partial charge in [-0.25, -0.2) is 25.0 Å². The fourth-order valence-corrected chi connectivity index (χ4v) is 5.59. The minimum absolute atomic E-state index is 0.574. The Morgan fingerprint density at radius 2 is 0.875 bits per heavy atom. The summed E-state index contributed by atoms with van der Waals surface area (Å²) in [7, 11) is 0. The molecule has 9 rings (SSSR count). The Balaban J connectivity index is 1.50. The zero-order valence-electron chi connectivity index (χ0n) is 20.9. The van der Waals surface area contributed by atoms with Gasteiger partial charge < -0.3 is 19.9 Å². The van der Waals surface area contributed by atoms with Crippen LogP contribution in [0.5, 0.6) is 0 Å². The van der Waals surface area contributed by atoms with Gasteiger partial charge in [-0.1, -0.05) is 72.8 Å². The second-order valence-corrected chi connectivity index (χ2v) is 9.78. The maximum atomic E-state index is 5.07. The molecular weight excluding hydrogens is 498 g/mol. The molecule has 0 saturated carbocycles. The quantitative estimate of drug-likeness (QED) is 0.220. The average molecular weight is 518 g/mol. The molecule has 6 aromatic rings. The molecule has 4 N–H and O–H groups in total. The van der Waals surface area contributed by atoms with Crippen molar-refractivity contribution in [1.29, 1.82) is 0 Å². The van der Waals surface area contributed by atoms with E-state index in [2.05, 4.69) is 32.1 Å². The van der Waals surface area contributed by atoms with Crippen molar-refractivity contribution in [2.24, 2.45) is 20.0 Å². The van der Waals surface area contributed by atoms with Crippen LogP contribution in [-0.4, -0.2) is 24.9 Å². The maximum absolute atomic E-state index is 5.07. The fourth-order valence-electron chi connectivity index (χ4n) is 5.59. The van der Waals surface area contributed by atoms with Gasteiger partial charge in [0.25, 0.3) is 0 Å². The van der Waals surface area contributed by atoms with Crippen molar-refractivity contribution in [2.75, 3.05) is 0 Å². The van der Waals surface area contributed by atoms with Gasteiger partial charge in [0.1, 0.15) is 33.6 Å². The molecule has 0 saturated heterocycles. The number of nitrogens with one attached hydrogen (secondary N) is 4. The molecule has 3 aromatic heterocycles. The average Bonchev–Trinajstić information content (AvgIpc) is 3.73. The lowest BCUT2D eigenvalue weighted by Gasteiger charge is -1.97. The second-order valence-electron chi connectivity index (χ2n) is 9.78. The van der Waals surface area contributed by atoms with Gasteiger partial charge in [0.05, 0.1) is 0 Å². The first-order valence-corrected chi connectivity index (χ1v) is 13.0. The lowest BCUT2D eigenvalue weighted by molar-refractivity contribution is 1.08. The van der Waals surface area contributed by atoms with Crippen LogP contribution in [0.4, 0.5) is 23.3 Å². The Morgan fingerprint density at radius 1 is 0.425 bits per heavy atom. The van der Waals surface area contributed by atoms with E-state index in [9.17, 15) is 0 Å². The number of pyridine rings is 1. The number of hydrogen-bond donors (Lipinski definition) is 4. The third kappa shape index (κ3) is 2.99. The van der Waals surface area contributed by atoms with Crippen molar-refractivity contribution >= 4 is 55.6 Å². The highest BCUT2D eigenvalue weighted by Gasteiger charge is 2.19. The van der Waals surface area contributed by atoms with Gasteiger partial charge in [-0.2, -0.15) is 0 Å². The largest absolute Gasteiger partial charge is 0.367 e. The van der Waals surface area contributed by atoms with E-state index in [1.165, 1.54) is 0 Å². The van der Waals surface area contributed by atoms with Crippen LogP contribution < -0.4 is 22.0 Å². The number of aromatic nitrogens is 5. The third-order valence-corrected chi connectivity index (χ3v) is 7.46. The molecule has 0 unspecified atom stereocenters. The van der Waals surface area contributed by atoms with Crippen molar-refractivity contribution in [2.45, 2.75) is 0 Å². The van der Waals surface area contributed by atoms with Gasteiger partial charge >= 0.3 is 0 Å². The van der Waals surface area contributed by atoms with Crippen molar-refractivity contribution < 1.29 is 0 Å². The van der Waals surface area contributed by atoms with Crippen LogP contribution in [0.1, 0.15) is 0 Å². The van der Waals surface area contributed by atoms with Gasteiger partial charge in [0.2, 0.25) is 0 Å². The van der Waals surface area contributed by atoms with Gasteiger partial charge in [0.15, 0.2) is 11.6 Å². The normalized spacial score (nSPS) is 12.8. The number of aromatic amines is 4. The molecule has 0 fully saturated rings. The molecule has 3 aromatic carbocycles. The van der Waals surface area contributed by atoms with Crippen molar-refractivity contribution in [1.82, 2.24) is 24.9 Å². The number of nitrogens with zero attached hydrogens (tertiary/aromatic N) is 5. The summed E-state index contributed by atoms with van der Waals surface area (Å²) in [5.74, 6) is 2.59. The first-order chi connectivity index (χ1) is 19.8. The molecule has 6 heterocycles. The van der Waals surface area contributed by atoms with Crippen LogP contribution in [0, 0.1) is 0 Å². The van der Waals surface area contributed by atoms with Gasteiger partial charge in [-0.05, 0) is 6.07 Å². The molecule has 3 aliphatic heterocycles. The van der Waals surface area contributed by atoms with Crippen LogP contribution in [-0.2, 0) is 0 Å². The number of fused-ring (bicyclic) bond motifs is 20. The lowest BCUT2D eigenvalue weighted by atomic mass is 10.1. The van der Waals surface area contributed by atoms with Gasteiger partial charge in [-0.3, -0.25) is 0 Å². The van der Waals surface area contributed by atoms with Crippen LogP contribution in [0.15, 0.2) is 111 Å². The Hall–Kier alpha value is -5.83. The first kappa shape index (κ1) is 21.1. The number of hydrogen-bond acceptors (Lipinski definition) is 5. The minimum atomic E-state index is 0.574. The maximum Gasteiger partial charge on any atom is 0.166 e. The topological polar surface area (TPSA) is 125 Å². The summed E-state index contributed by atoms with van der Waals surface area (Å²) < 4.78 is 0. The number of benzene rings is 3. The van der Waals surface area contributed by atoms with E-state index < -0.39 is 0 Å². The second kappa shape index (κ2) is 7.84. The zero-order valence-corrected chi connectivity index (χ0v) is 20.9.